The molecule has 1 aliphatic rings. The van der Waals surface area contributed by atoms with Crippen LogP contribution < -0.4 is 5.73 Å². The number of rotatable bonds is 3. The van der Waals surface area contributed by atoms with Gasteiger partial charge < -0.3 is 10.5 Å². The molecule has 0 aliphatic carbocycles. The molecule has 2 rings (SSSR count). The molecule has 1 aliphatic heterocycles. The molecule has 1 atom stereocenters. The van der Waals surface area contributed by atoms with Crippen molar-refractivity contribution in [1.82, 2.24) is 4.90 Å². The van der Waals surface area contributed by atoms with E-state index >= 15 is 0 Å². The smallest absolute Gasteiger partial charge is 0.126 e. The van der Waals surface area contributed by atoms with E-state index in [-0.39, 0.29) is 11.9 Å². The van der Waals surface area contributed by atoms with Crippen molar-refractivity contribution in [1.29, 1.82) is 0 Å². The molecule has 1 aromatic carbocycles. The van der Waals surface area contributed by atoms with Crippen molar-refractivity contribution < 1.29 is 9.13 Å². The Morgan fingerprint density at radius 1 is 1.39 bits per heavy atom. The molecule has 100 valence electrons. The normalized spacial score (nSPS) is 19.5. The Labute approximate surface area is 108 Å². The van der Waals surface area contributed by atoms with Crippen molar-refractivity contribution >= 4 is 0 Å². The number of nitrogens with two attached hydrogens (primary N) is 1. The van der Waals surface area contributed by atoms with Crippen LogP contribution in [0.3, 0.4) is 0 Å². The second-order valence-corrected chi connectivity index (χ2v) is 4.76. The molecular weight excluding hydrogens is 231 g/mol. The maximum atomic E-state index is 13.6. The highest BCUT2D eigenvalue weighted by Gasteiger charge is 2.20. The van der Waals surface area contributed by atoms with Crippen LogP contribution in [0, 0.1) is 12.7 Å². The van der Waals surface area contributed by atoms with Crippen LogP contribution in [0.4, 0.5) is 4.39 Å². The predicted molar refractivity (Wildman–Crippen MR) is 69.9 cm³/mol. The lowest BCUT2D eigenvalue weighted by Crippen LogP contribution is -2.35. The molecule has 0 saturated carbocycles. The summed E-state index contributed by atoms with van der Waals surface area (Å²) in [6.45, 7) is 5.62. The zero-order valence-electron chi connectivity index (χ0n) is 10.9. The molecule has 1 unspecified atom stereocenters. The summed E-state index contributed by atoms with van der Waals surface area (Å²) in [6, 6.07) is 5.49. The van der Waals surface area contributed by atoms with Gasteiger partial charge in [0.2, 0.25) is 0 Å². The zero-order chi connectivity index (χ0) is 13.0. The lowest BCUT2D eigenvalue weighted by Gasteiger charge is -2.29. The van der Waals surface area contributed by atoms with Gasteiger partial charge in [-0.2, -0.15) is 0 Å². The zero-order valence-corrected chi connectivity index (χ0v) is 10.9. The monoisotopic (exact) mass is 252 g/mol. The van der Waals surface area contributed by atoms with Gasteiger partial charge in [0.25, 0.3) is 0 Å². The summed E-state index contributed by atoms with van der Waals surface area (Å²) >= 11 is 0. The van der Waals surface area contributed by atoms with Crippen LogP contribution in [0.5, 0.6) is 0 Å². The molecule has 1 fully saturated rings. The van der Waals surface area contributed by atoms with E-state index in [4.69, 9.17) is 10.5 Å². The topological polar surface area (TPSA) is 38.5 Å². The SMILES string of the molecule is Cc1ccc(C(CN)N2CCCOCC2)cc1F. The van der Waals surface area contributed by atoms with Crippen LogP contribution in [0.15, 0.2) is 18.2 Å². The molecular formula is C14H21FN2O. The number of nitrogens with zero attached hydrogens (tertiary/aromatic N) is 1. The molecule has 0 radical (unpaired) electrons. The highest BCUT2D eigenvalue weighted by atomic mass is 19.1. The van der Waals surface area contributed by atoms with Crippen LogP contribution in [0.2, 0.25) is 0 Å². The number of ether oxygens (including phenoxy) is 1. The summed E-state index contributed by atoms with van der Waals surface area (Å²) in [7, 11) is 0. The van der Waals surface area contributed by atoms with Crippen LogP contribution >= 0.6 is 0 Å². The minimum Gasteiger partial charge on any atom is -0.380 e. The summed E-state index contributed by atoms with van der Waals surface area (Å²) in [6.07, 6.45) is 1.00. The molecule has 2 N–H and O–H groups in total. The Morgan fingerprint density at radius 2 is 2.22 bits per heavy atom. The Morgan fingerprint density at radius 3 is 2.94 bits per heavy atom. The van der Waals surface area contributed by atoms with Crippen molar-refractivity contribution in [3.63, 3.8) is 0 Å². The summed E-state index contributed by atoms with van der Waals surface area (Å²) in [5, 5.41) is 0. The number of aryl methyl sites for hydroxylation is 1. The van der Waals surface area contributed by atoms with Crippen molar-refractivity contribution in [3.05, 3.63) is 35.1 Å². The highest BCUT2D eigenvalue weighted by Crippen LogP contribution is 2.22. The first-order chi connectivity index (χ1) is 8.72. The standard InChI is InChI=1S/C14H21FN2O/c1-11-3-4-12(9-13(11)15)14(10-16)17-5-2-7-18-8-6-17/h3-4,9,14H,2,5-8,10,16H2,1H3. The molecule has 1 saturated heterocycles. The first kappa shape index (κ1) is 13.5. The van der Waals surface area contributed by atoms with Gasteiger partial charge in [0.1, 0.15) is 5.82 Å². The molecule has 18 heavy (non-hydrogen) atoms. The summed E-state index contributed by atoms with van der Waals surface area (Å²) in [4.78, 5) is 2.29. The van der Waals surface area contributed by atoms with Crippen molar-refractivity contribution in [2.24, 2.45) is 5.73 Å². The van der Waals surface area contributed by atoms with Crippen LogP contribution in [-0.2, 0) is 4.74 Å². The number of hydrogen-bond acceptors (Lipinski definition) is 3. The average Bonchev–Trinajstić information content (AvgIpc) is 2.64. The third-order valence-corrected chi connectivity index (χ3v) is 3.50. The van der Waals surface area contributed by atoms with Gasteiger partial charge in [-0.25, -0.2) is 4.39 Å². The maximum absolute atomic E-state index is 13.6. The Hall–Kier alpha value is -0.970. The minimum atomic E-state index is -0.156. The number of hydrogen-bond donors (Lipinski definition) is 1. The van der Waals surface area contributed by atoms with E-state index in [0.717, 1.165) is 38.3 Å². The van der Waals surface area contributed by atoms with E-state index in [9.17, 15) is 4.39 Å². The molecule has 0 amide bonds. The first-order valence-corrected chi connectivity index (χ1v) is 6.50. The van der Waals surface area contributed by atoms with Gasteiger partial charge in [-0.05, 0) is 30.5 Å². The van der Waals surface area contributed by atoms with Gasteiger partial charge in [-0.15, -0.1) is 0 Å². The van der Waals surface area contributed by atoms with Gasteiger partial charge in [-0.1, -0.05) is 12.1 Å². The van der Waals surface area contributed by atoms with E-state index in [1.807, 2.05) is 12.1 Å². The van der Waals surface area contributed by atoms with Crippen molar-refractivity contribution in [2.45, 2.75) is 19.4 Å². The first-order valence-electron chi connectivity index (χ1n) is 6.50. The van der Waals surface area contributed by atoms with Gasteiger partial charge in [0.15, 0.2) is 0 Å². The Bertz CT molecular complexity index is 389. The van der Waals surface area contributed by atoms with Gasteiger partial charge in [0, 0.05) is 32.3 Å². The fraction of sp³-hybridized carbons (Fsp3) is 0.571. The van der Waals surface area contributed by atoms with Crippen LogP contribution in [0.1, 0.15) is 23.6 Å². The number of halogens is 1. The van der Waals surface area contributed by atoms with E-state index in [0.29, 0.717) is 12.1 Å². The van der Waals surface area contributed by atoms with Gasteiger partial charge in [-0.3, -0.25) is 4.90 Å². The van der Waals surface area contributed by atoms with E-state index in [1.165, 1.54) is 0 Å². The van der Waals surface area contributed by atoms with Crippen LogP contribution in [-0.4, -0.2) is 37.7 Å². The Kier molecular flexibility index (Phi) is 4.69. The molecule has 1 aromatic rings. The largest absolute Gasteiger partial charge is 0.380 e. The van der Waals surface area contributed by atoms with Gasteiger partial charge >= 0.3 is 0 Å². The molecule has 0 aromatic heterocycles. The fourth-order valence-electron chi connectivity index (χ4n) is 2.39. The molecule has 3 nitrogen and oxygen atoms in total. The van der Waals surface area contributed by atoms with Gasteiger partial charge in [0.05, 0.1) is 6.61 Å². The lowest BCUT2D eigenvalue weighted by molar-refractivity contribution is 0.132. The fourth-order valence-corrected chi connectivity index (χ4v) is 2.39. The molecule has 1 heterocycles. The lowest BCUT2D eigenvalue weighted by atomic mass is 10.0. The molecule has 0 spiro atoms. The quantitative estimate of drug-likeness (QED) is 0.892. The maximum Gasteiger partial charge on any atom is 0.126 e. The van der Waals surface area contributed by atoms with E-state index in [2.05, 4.69) is 4.90 Å². The Balaban J connectivity index is 2.17. The minimum absolute atomic E-state index is 0.0850. The van der Waals surface area contributed by atoms with E-state index < -0.39 is 0 Å². The predicted octanol–water partition coefficient (Wildman–Crippen LogP) is 1.86. The second kappa shape index (κ2) is 6.27. The third kappa shape index (κ3) is 3.07. The van der Waals surface area contributed by atoms with Crippen LogP contribution in [0.25, 0.3) is 0 Å². The van der Waals surface area contributed by atoms with Crippen molar-refractivity contribution in [2.75, 3.05) is 32.8 Å². The summed E-state index contributed by atoms with van der Waals surface area (Å²) < 4.78 is 19.1. The summed E-state index contributed by atoms with van der Waals surface area (Å²) in [5.41, 5.74) is 7.51. The van der Waals surface area contributed by atoms with Crippen molar-refractivity contribution in [3.8, 4) is 0 Å². The third-order valence-electron chi connectivity index (χ3n) is 3.50. The van der Waals surface area contributed by atoms with E-state index in [1.54, 1.807) is 13.0 Å². The summed E-state index contributed by atoms with van der Waals surface area (Å²) in [5.74, 6) is -0.156. The number of benzene rings is 1. The average molecular weight is 252 g/mol. The molecule has 4 heteroatoms. The molecule has 0 bridgehead atoms. The second-order valence-electron chi connectivity index (χ2n) is 4.76. The highest BCUT2D eigenvalue weighted by molar-refractivity contribution is 5.26.